The van der Waals surface area contributed by atoms with Crippen LogP contribution in [0.25, 0.3) is 0 Å². The van der Waals surface area contributed by atoms with Gasteiger partial charge in [0.25, 0.3) is 0 Å². The molecule has 0 aliphatic carbocycles. The van der Waals surface area contributed by atoms with Gasteiger partial charge in [0.05, 0.1) is 6.54 Å². The number of hydrogen-bond donors (Lipinski definition) is 2. The monoisotopic (exact) mass is 191 g/mol. The number of hydrogen-bond acceptors (Lipinski definition) is 2. The Morgan fingerprint density at radius 2 is 2.21 bits per heavy atom. The summed E-state index contributed by atoms with van der Waals surface area (Å²) in [6, 6.07) is 8.54. The molecule has 0 aliphatic heterocycles. The van der Waals surface area contributed by atoms with Crippen molar-refractivity contribution in [2.45, 2.75) is 6.54 Å². The molecule has 72 valence electrons. The Morgan fingerprint density at radius 3 is 2.93 bits per heavy atom. The summed E-state index contributed by atoms with van der Waals surface area (Å²) in [5.74, 6) is 0.0704. The van der Waals surface area contributed by atoms with Crippen LogP contribution in [0.4, 0.5) is 10.2 Å². The molecule has 0 bridgehead atoms. The molecule has 0 atom stereocenters. The van der Waals surface area contributed by atoms with Gasteiger partial charge in [-0.3, -0.25) is 0 Å². The van der Waals surface area contributed by atoms with Gasteiger partial charge in [0.15, 0.2) is 0 Å². The fourth-order valence-corrected chi connectivity index (χ4v) is 1.17. The molecule has 2 aromatic heterocycles. The molecule has 2 aromatic rings. The number of aromatic nitrogens is 2. The van der Waals surface area contributed by atoms with E-state index in [1.54, 1.807) is 12.1 Å². The highest BCUT2D eigenvalue weighted by atomic mass is 19.1. The average Bonchev–Trinajstić information content (AvgIpc) is 2.67. The van der Waals surface area contributed by atoms with E-state index in [1.165, 1.54) is 6.07 Å². The van der Waals surface area contributed by atoms with E-state index < -0.39 is 5.95 Å². The number of anilines is 1. The molecule has 0 unspecified atom stereocenters. The molecule has 0 radical (unpaired) electrons. The molecule has 0 spiro atoms. The number of nitrogens with one attached hydrogen (secondary N) is 2. The minimum Gasteiger partial charge on any atom is -0.364 e. The number of pyridine rings is 1. The van der Waals surface area contributed by atoms with E-state index in [2.05, 4.69) is 15.3 Å². The summed E-state index contributed by atoms with van der Waals surface area (Å²) in [6.07, 6.45) is 1.84. The highest BCUT2D eigenvalue weighted by Crippen LogP contribution is 2.05. The van der Waals surface area contributed by atoms with E-state index in [9.17, 15) is 4.39 Å². The number of halogens is 1. The lowest BCUT2D eigenvalue weighted by molar-refractivity contribution is 0.585. The molecule has 14 heavy (non-hydrogen) atoms. The van der Waals surface area contributed by atoms with Crippen molar-refractivity contribution in [3.05, 3.63) is 48.2 Å². The summed E-state index contributed by atoms with van der Waals surface area (Å²) < 4.78 is 12.7. The Balaban J connectivity index is 1.98. The van der Waals surface area contributed by atoms with Crippen LogP contribution >= 0.6 is 0 Å². The predicted octanol–water partition coefficient (Wildman–Crippen LogP) is 2.16. The highest BCUT2D eigenvalue weighted by molar-refractivity contribution is 5.34. The average molecular weight is 191 g/mol. The van der Waals surface area contributed by atoms with Gasteiger partial charge in [-0.25, -0.2) is 4.98 Å². The first-order valence-electron chi connectivity index (χ1n) is 4.33. The van der Waals surface area contributed by atoms with Crippen molar-refractivity contribution < 1.29 is 4.39 Å². The van der Waals surface area contributed by atoms with Gasteiger partial charge in [0.1, 0.15) is 5.82 Å². The van der Waals surface area contributed by atoms with Gasteiger partial charge in [-0.1, -0.05) is 6.07 Å². The van der Waals surface area contributed by atoms with Crippen LogP contribution in [-0.2, 0) is 6.54 Å². The van der Waals surface area contributed by atoms with E-state index in [4.69, 9.17) is 0 Å². The Labute approximate surface area is 81.0 Å². The Bertz CT molecular complexity index is 398. The van der Waals surface area contributed by atoms with Gasteiger partial charge < -0.3 is 10.3 Å². The quantitative estimate of drug-likeness (QED) is 0.730. The van der Waals surface area contributed by atoms with Gasteiger partial charge in [-0.05, 0) is 24.3 Å². The molecule has 4 heteroatoms. The topological polar surface area (TPSA) is 40.7 Å². The zero-order chi connectivity index (χ0) is 9.80. The summed E-state index contributed by atoms with van der Waals surface area (Å²) >= 11 is 0. The maximum atomic E-state index is 12.7. The zero-order valence-corrected chi connectivity index (χ0v) is 7.50. The van der Waals surface area contributed by atoms with Crippen molar-refractivity contribution in [3.8, 4) is 0 Å². The minimum absolute atomic E-state index is 0.471. The molecule has 0 fully saturated rings. The van der Waals surface area contributed by atoms with Crippen LogP contribution in [0.2, 0.25) is 0 Å². The molecule has 0 aromatic carbocycles. The number of H-pyrrole nitrogens is 1. The Morgan fingerprint density at radius 1 is 1.29 bits per heavy atom. The summed E-state index contributed by atoms with van der Waals surface area (Å²) in [5.41, 5.74) is 1.04. The highest BCUT2D eigenvalue weighted by Gasteiger charge is 1.96. The first-order chi connectivity index (χ1) is 6.84. The first kappa shape index (κ1) is 8.74. The van der Waals surface area contributed by atoms with Gasteiger partial charge >= 0.3 is 0 Å². The van der Waals surface area contributed by atoms with Crippen LogP contribution in [0.3, 0.4) is 0 Å². The summed E-state index contributed by atoms with van der Waals surface area (Å²) in [7, 11) is 0. The smallest absolute Gasteiger partial charge is 0.214 e. The molecule has 0 saturated carbocycles. The van der Waals surface area contributed by atoms with Gasteiger partial charge in [0, 0.05) is 11.9 Å². The van der Waals surface area contributed by atoms with Crippen LogP contribution < -0.4 is 5.32 Å². The predicted molar refractivity (Wildman–Crippen MR) is 52.3 cm³/mol. The molecule has 0 amide bonds. The van der Waals surface area contributed by atoms with Crippen molar-refractivity contribution in [3.63, 3.8) is 0 Å². The van der Waals surface area contributed by atoms with Crippen molar-refractivity contribution in [2.24, 2.45) is 0 Å². The van der Waals surface area contributed by atoms with Crippen LogP contribution in [0, 0.1) is 5.95 Å². The molecule has 3 nitrogen and oxygen atoms in total. The lowest BCUT2D eigenvalue weighted by Gasteiger charge is -2.03. The van der Waals surface area contributed by atoms with E-state index in [-0.39, 0.29) is 0 Å². The molecular formula is C10H10FN3. The normalized spacial score (nSPS) is 10.1. The van der Waals surface area contributed by atoms with Crippen LogP contribution in [0.15, 0.2) is 36.5 Å². The molecular weight excluding hydrogens is 181 g/mol. The van der Waals surface area contributed by atoms with Crippen molar-refractivity contribution >= 4 is 5.82 Å². The van der Waals surface area contributed by atoms with Crippen LogP contribution in [0.5, 0.6) is 0 Å². The number of nitrogens with zero attached hydrogens (tertiary/aromatic N) is 1. The SMILES string of the molecule is Fc1cccc(NCc2ccc[nH]2)n1. The lowest BCUT2D eigenvalue weighted by Crippen LogP contribution is -2.01. The maximum Gasteiger partial charge on any atom is 0.214 e. The molecule has 0 aliphatic rings. The summed E-state index contributed by atoms with van der Waals surface area (Å²) in [4.78, 5) is 6.72. The largest absolute Gasteiger partial charge is 0.364 e. The van der Waals surface area contributed by atoms with Crippen molar-refractivity contribution in [1.29, 1.82) is 0 Å². The molecule has 2 N–H and O–H groups in total. The minimum atomic E-state index is -0.471. The number of aromatic amines is 1. The van der Waals surface area contributed by atoms with E-state index >= 15 is 0 Å². The van der Waals surface area contributed by atoms with Gasteiger partial charge in [0.2, 0.25) is 5.95 Å². The van der Waals surface area contributed by atoms with E-state index in [0.717, 1.165) is 5.69 Å². The Hall–Kier alpha value is -1.84. The van der Waals surface area contributed by atoms with E-state index in [1.807, 2.05) is 18.3 Å². The third kappa shape index (κ3) is 2.10. The Kier molecular flexibility index (Phi) is 2.44. The van der Waals surface area contributed by atoms with Gasteiger partial charge in [-0.2, -0.15) is 4.39 Å². The summed E-state index contributed by atoms with van der Waals surface area (Å²) in [5, 5.41) is 3.01. The van der Waals surface area contributed by atoms with Crippen LogP contribution in [0.1, 0.15) is 5.69 Å². The number of rotatable bonds is 3. The fourth-order valence-electron chi connectivity index (χ4n) is 1.17. The third-order valence-corrected chi connectivity index (χ3v) is 1.84. The lowest BCUT2D eigenvalue weighted by atomic mass is 10.4. The van der Waals surface area contributed by atoms with E-state index in [0.29, 0.717) is 12.4 Å². The summed E-state index contributed by atoms with van der Waals surface area (Å²) in [6.45, 7) is 0.615. The second kappa shape index (κ2) is 3.91. The first-order valence-corrected chi connectivity index (χ1v) is 4.33. The zero-order valence-electron chi connectivity index (χ0n) is 7.50. The molecule has 2 heterocycles. The fraction of sp³-hybridized carbons (Fsp3) is 0.100. The third-order valence-electron chi connectivity index (χ3n) is 1.84. The second-order valence-corrected chi connectivity index (χ2v) is 2.89. The second-order valence-electron chi connectivity index (χ2n) is 2.89. The van der Waals surface area contributed by atoms with Crippen molar-refractivity contribution in [2.75, 3.05) is 5.32 Å². The molecule has 0 saturated heterocycles. The standard InChI is InChI=1S/C10H10FN3/c11-9-4-1-5-10(14-9)13-7-8-3-2-6-12-8/h1-6,12H,7H2,(H,13,14). The maximum absolute atomic E-state index is 12.7. The molecule has 2 rings (SSSR count). The van der Waals surface area contributed by atoms with Crippen molar-refractivity contribution in [1.82, 2.24) is 9.97 Å². The van der Waals surface area contributed by atoms with Crippen LogP contribution in [-0.4, -0.2) is 9.97 Å². The van der Waals surface area contributed by atoms with Gasteiger partial charge in [-0.15, -0.1) is 0 Å².